The van der Waals surface area contributed by atoms with Crippen molar-refractivity contribution in [3.05, 3.63) is 0 Å². The van der Waals surface area contributed by atoms with Gasteiger partial charge in [0.25, 0.3) is 0 Å². The van der Waals surface area contributed by atoms with Gasteiger partial charge in [0.1, 0.15) is 5.60 Å². The van der Waals surface area contributed by atoms with E-state index in [4.69, 9.17) is 4.74 Å². The van der Waals surface area contributed by atoms with Gasteiger partial charge < -0.3 is 20.7 Å². The van der Waals surface area contributed by atoms with Crippen molar-refractivity contribution >= 4 is 12.1 Å². The fraction of sp³-hybridized carbons (Fsp3) is 0.875. The smallest absolute Gasteiger partial charge is 0.407 e. The minimum Gasteiger partial charge on any atom is -0.444 e. The molecule has 0 aromatic heterocycles. The zero-order valence-corrected chi connectivity index (χ0v) is 14.8. The molecule has 0 aromatic rings. The summed E-state index contributed by atoms with van der Waals surface area (Å²) in [6, 6.07) is -0.0191. The first-order chi connectivity index (χ1) is 10.2. The van der Waals surface area contributed by atoms with Gasteiger partial charge in [0, 0.05) is 20.1 Å². The number of amides is 1. The number of alkyl carbamates (subject to hydrolysis) is 1. The third-order valence-electron chi connectivity index (χ3n) is 3.48. The molecule has 0 saturated heterocycles. The van der Waals surface area contributed by atoms with E-state index < -0.39 is 5.60 Å². The summed E-state index contributed by atoms with van der Waals surface area (Å²) in [6.07, 6.45) is 2.23. The van der Waals surface area contributed by atoms with E-state index in [1.807, 2.05) is 20.8 Å². The van der Waals surface area contributed by atoms with E-state index in [1.165, 1.54) is 12.8 Å². The molecule has 1 atom stereocenters. The quantitative estimate of drug-likeness (QED) is 0.519. The van der Waals surface area contributed by atoms with Crippen molar-refractivity contribution in [2.45, 2.75) is 59.1 Å². The van der Waals surface area contributed by atoms with Crippen LogP contribution in [0.15, 0.2) is 4.99 Å². The molecule has 1 rings (SSSR count). The maximum absolute atomic E-state index is 11.9. The maximum atomic E-state index is 11.9. The van der Waals surface area contributed by atoms with Crippen LogP contribution in [0.3, 0.4) is 0 Å². The van der Waals surface area contributed by atoms with Crippen LogP contribution in [-0.2, 0) is 4.74 Å². The van der Waals surface area contributed by atoms with Gasteiger partial charge in [-0.05, 0) is 45.4 Å². The lowest BCUT2D eigenvalue weighted by molar-refractivity contribution is 0.0491. The van der Waals surface area contributed by atoms with Gasteiger partial charge in [-0.15, -0.1) is 0 Å². The Morgan fingerprint density at radius 3 is 2.36 bits per heavy atom. The molecule has 0 bridgehead atoms. The second-order valence-electron chi connectivity index (χ2n) is 7.27. The summed E-state index contributed by atoms with van der Waals surface area (Å²) in [5.41, 5.74) is -0.485. The fourth-order valence-corrected chi connectivity index (χ4v) is 1.90. The summed E-state index contributed by atoms with van der Waals surface area (Å²) in [6.45, 7) is 11.3. The Hall–Kier alpha value is -1.46. The van der Waals surface area contributed by atoms with Crippen molar-refractivity contribution in [3.63, 3.8) is 0 Å². The van der Waals surface area contributed by atoms with Crippen LogP contribution in [0.2, 0.25) is 0 Å². The van der Waals surface area contributed by atoms with Crippen LogP contribution in [0.25, 0.3) is 0 Å². The van der Waals surface area contributed by atoms with Crippen molar-refractivity contribution in [1.29, 1.82) is 0 Å². The monoisotopic (exact) mass is 312 g/mol. The maximum Gasteiger partial charge on any atom is 0.407 e. The van der Waals surface area contributed by atoms with Crippen LogP contribution in [0.4, 0.5) is 4.79 Å². The first-order valence-corrected chi connectivity index (χ1v) is 8.15. The Kier molecular flexibility index (Phi) is 6.97. The molecule has 0 aromatic carbocycles. The van der Waals surface area contributed by atoms with E-state index in [0.717, 1.165) is 18.4 Å². The van der Waals surface area contributed by atoms with Gasteiger partial charge >= 0.3 is 6.09 Å². The molecular weight excluding hydrogens is 280 g/mol. The average molecular weight is 312 g/mol. The Bertz CT molecular complexity index is 384. The molecule has 1 fully saturated rings. The number of ether oxygens (including phenoxy) is 1. The van der Waals surface area contributed by atoms with Gasteiger partial charge in [-0.3, -0.25) is 4.99 Å². The van der Waals surface area contributed by atoms with Crippen molar-refractivity contribution in [2.75, 3.05) is 20.1 Å². The molecule has 6 nitrogen and oxygen atoms in total. The highest BCUT2D eigenvalue weighted by atomic mass is 16.6. The summed E-state index contributed by atoms with van der Waals surface area (Å²) < 4.78 is 5.32. The standard InChI is InChI=1S/C16H32N4O2/c1-11(2)13(20-15(21)22-16(3,4)5)10-19-14(17-6)18-9-12-7-8-12/h11-13H,7-10H2,1-6H3,(H,20,21)(H2,17,18,19). The first-order valence-electron chi connectivity index (χ1n) is 8.15. The predicted molar refractivity (Wildman–Crippen MR) is 90.1 cm³/mol. The SMILES string of the molecule is CN=C(NCC1CC1)NCC(NC(=O)OC(C)(C)C)C(C)C. The second-order valence-corrected chi connectivity index (χ2v) is 7.27. The van der Waals surface area contributed by atoms with Crippen LogP contribution >= 0.6 is 0 Å². The Morgan fingerprint density at radius 2 is 1.91 bits per heavy atom. The number of hydrogen-bond donors (Lipinski definition) is 3. The summed E-state index contributed by atoms with van der Waals surface area (Å²) in [5, 5.41) is 9.51. The summed E-state index contributed by atoms with van der Waals surface area (Å²) >= 11 is 0. The van der Waals surface area contributed by atoms with Crippen molar-refractivity contribution in [3.8, 4) is 0 Å². The van der Waals surface area contributed by atoms with E-state index in [9.17, 15) is 4.79 Å². The number of hydrogen-bond acceptors (Lipinski definition) is 3. The van der Waals surface area contributed by atoms with Gasteiger partial charge in [0.05, 0.1) is 6.04 Å². The Labute approximate surface area is 134 Å². The Morgan fingerprint density at radius 1 is 1.27 bits per heavy atom. The normalized spacial score (nSPS) is 17.1. The van der Waals surface area contributed by atoms with Gasteiger partial charge in [-0.1, -0.05) is 13.8 Å². The summed E-state index contributed by atoms with van der Waals surface area (Å²) in [4.78, 5) is 16.1. The molecule has 1 unspecified atom stereocenters. The highest BCUT2D eigenvalue weighted by Crippen LogP contribution is 2.27. The Balaban J connectivity index is 2.40. The minimum atomic E-state index is -0.485. The van der Waals surface area contributed by atoms with Gasteiger partial charge in [0.2, 0.25) is 0 Å². The number of rotatable bonds is 6. The number of nitrogens with zero attached hydrogens (tertiary/aromatic N) is 1. The van der Waals surface area contributed by atoms with Crippen LogP contribution in [0.5, 0.6) is 0 Å². The van der Waals surface area contributed by atoms with Crippen molar-refractivity contribution in [2.24, 2.45) is 16.8 Å². The van der Waals surface area contributed by atoms with Crippen LogP contribution in [0, 0.1) is 11.8 Å². The van der Waals surface area contributed by atoms with Gasteiger partial charge in [-0.2, -0.15) is 0 Å². The van der Waals surface area contributed by atoms with E-state index in [0.29, 0.717) is 12.5 Å². The second kappa shape index (κ2) is 8.25. The van der Waals surface area contributed by atoms with Crippen LogP contribution in [0.1, 0.15) is 47.5 Å². The third kappa shape index (κ3) is 8.10. The number of nitrogens with one attached hydrogen (secondary N) is 3. The number of carbonyl (C=O) groups excluding carboxylic acids is 1. The fourth-order valence-electron chi connectivity index (χ4n) is 1.90. The lowest BCUT2D eigenvalue weighted by atomic mass is 10.0. The number of guanidine groups is 1. The summed E-state index contributed by atoms with van der Waals surface area (Å²) in [7, 11) is 1.76. The molecular formula is C16H32N4O2. The number of carbonyl (C=O) groups is 1. The summed E-state index contributed by atoms with van der Waals surface area (Å²) in [5.74, 6) is 1.87. The molecule has 3 N–H and O–H groups in total. The van der Waals surface area contributed by atoms with E-state index in [2.05, 4.69) is 34.8 Å². The predicted octanol–water partition coefficient (Wildman–Crippen LogP) is 2.11. The molecule has 0 radical (unpaired) electrons. The molecule has 1 amide bonds. The van der Waals surface area contributed by atoms with Crippen LogP contribution < -0.4 is 16.0 Å². The third-order valence-corrected chi connectivity index (χ3v) is 3.48. The molecule has 0 aliphatic heterocycles. The lowest BCUT2D eigenvalue weighted by Gasteiger charge is -2.26. The van der Waals surface area contributed by atoms with E-state index in [-0.39, 0.29) is 12.1 Å². The molecule has 22 heavy (non-hydrogen) atoms. The largest absolute Gasteiger partial charge is 0.444 e. The zero-order chi connectivity index (χ0) is 16.8. The molecule has 0 heterocycles. The molecule has 128 valence electrons. The van der Waals surface area contributed by atoms with Crippen molar-refractivity contribution in [1.82, 2.24) is 16.0 Å². The first kappa shape index (κ1) is 18.6. The zero-order valence-electron chi connectivity index (χ0n) is 14.8. The molecule has 6 heteroatoms. The molecule has 1 aliphatic carbocycles. The van der Waals surface area contributed by atoms with Crippen LogP contribution in [-0.4, -0.2) is 43.8 Å². The topological polar surface area (TPSA) is 74.8 Å². The number of aliphatic imine (C=N–C) groups is 1. The highest BCUT2D eigenvalue weighted by molar-refractivity contribution is 5.79. The molecule has 0 spiro atoms. The average Bonchev–Trinajstić information content (AvgIpc) is 3.19. The minimum absolute atomic E-state index is 0.0191. The van der Waals surface area contributed by atoms with E-state index in [1.54, 1.807) is 7.05 Å². The van der Waals surface area contributed by atoms with Gasteiger partial charge in [0.15, 0.2) is 5.96 Å². The van der Waals surface area contributed by atoms with E-state index >= 15 is 0 Å². The lowest BCUT2D eigenvalue weighted by Crippen LogP contribution is -2.50. The van der Waals surface area contributed by atoms with Gasteiger partial charge in [-0.25, -0.2) is 4.79 Å². The molecule has 1 aliphatic rings. The highest BCUT2D eigenvalue weighted by Gasteiger charge is 2.23. The molecule has 1 saturated carbocycles. The van der Waals surface area contributed by atoms with Crippen molar-refractivity contribution < 1.29 is 9.53 Å².